The van der Waals surface area contributed by atoms with Crippen LogP contribution in [0.2, 0.25) is 0 Å². The van der Waals surface area contributed by atoms with Crippen LogP contribution < -0.4 is 10.6 Å². The van der Waals surface area contributed by atoms with E-state index in [1.165, 1.54) is 0 Å². The monoisotopic (exact) mass is 299 g/mol. The average Bonchev–Trinajstić information content (AvgIpc) is 2.86. The van der Waals surface area contributed by atoms with Gasteiger partial charge >= 0.3 is 6.03 Å². The molecule has 1 aromatic heterocycles. The van der Waals surface area contributed by atoms with Gasteiger partial charge in [0.05, 0.1) is 10.7 Å². The highest BCUT2D eigenvalue weighted by Crippen LogP contribution is 2.10. The summed E-state index contributed by atoms with van der Waals surface area (Å²) in [6.45, 7) is 6.80. The second kappa shape index (κ2) is 8.92. The highest BCUT2D eigenvalue weighted by Gasteiger charge is 2.15. The van der Waals surface area contributed by atoms with Crippen LogP contribution in [0.3, 0.4) is 0 Å². The molecular formula is C14H25N3O2S. The quantitative estimate of drug-likeness (QED) is 0.687. The fourth-order valence-electron chi connectivity index (χ4n) is 1.86. The standard InChI is InChI=1S/C14H25N3O2S/c1-4-13-16-11(9-20-13)5-7-15-14(19)17-12(6-8-18)10(2)3/h9-10,12,18H,4-8H2,1-3H3,(H2,15,17,19). The summed E-state index contributed by atoms with van der Waals surface area (Å²) in [5.74, 6) is 0.304. The summed E-state index contributed by atoms with van der Waals surface area (Å²) in [7, 11) is 0. The molecule has 1 atom stereocenters. The van der Waals surface area contributed by atoms with E-state index in [0.717, 1.165) is 23.5 Å². The molecule has 1 unspecified atom stereocenters. The summed E-state index contributed by atoms with van der Waals surface area (Å²) in [6.07, 6.45) is 2.28. The molecule has 0 aromatic carbocycles. The molecule has 0 saturated carbocycles. The van der Waals surface area contributed by atoms with Crippen molar-refractivity contribution in [2.24, 2.45) is 5.92 Å². The van der Waals surface area contributed by atoms with Gasteiger partial charge in [-0.25, -0.2) is 9.78 Å². The Labute approximate surface area is 124 Å². The topological polar surface area (TPSA) is 74.2 Å². The third kappa shape index (κ3) is 5.88. The molecule has 1 heterocycles. The number of amides is 2. The Hall–Kier alpha value is -1.14. The lowest BCUT2D eigenvalue weighted by atomic mass is 10.0. The molecule has 0 aliphatic rings. The van der Waals surface area contributed by atoms with Gasteiger partial charge in [0.2, 0.25) is 0 Å². The number of aliphatic hydroxyl groups is 1. The Balaban J connectivity index is 2.28. The summed E-state index contributed by atoms with van der Waals surface area (Å²) in [5.41, 5.74) is 1.03. The first-order valence-electron chi connectivity index (χ1n) is 7.15. The lowest BCUT2D eigenvalue weighted by Gasteiger charge is -2.21. The molecule has 0 bridgehead atoms. The van der Waals surface area contributed by atoms with Gasteiger partial charge in [-0.05, 0) is 18.8 Å². The molecule has 2 amide bonds. The van der Waals surface area contributed by atoms with Crippen LogP contribution in [-0.4, -0.2) is 35.3 Å². The number of rotatable bonds is 8. The molecule has 0 saturated heterocycles. The molecule has 1 aromatic rings. The van der Waals surface area contributed by atoms with Crippen LogP contribution in [0.5, 0.6) is 0 Å². The number of hydrogen-bond donors (Lipinski definition) is 3. The van der Waals surface area contributed by atoms with Crippen LogP contribution in [0.25, 0.3) is 0 Å². The number of urea groups is 1. The number of carbonyl (C=O) groups is 1. The molecule has 20 heavy (non-hydrogen) atoms. The molecule has 0 aliphatic carbocycles. The second-order valence-corrected chi connectivity index (χ2v) is 6.04. The lowest BCUT2D eigenvalue weighted by Crippen LogP contribution is -2.45. The zero-order valence-electron chi connectivity index (χ0n) is 12.5. The zero-order chi connectivity index (χ0) is 15.0. The Morgan fingerprint density at radius 1 is 1.50 bits per heavy atom. The van der Waals surface area contributed by atoms with E-state index >= 15 is 0 Å². The van der Waals surface area contributed by atoms with E-state index in [1.54, 1.807) is 11.3 Å². The van der Waals surface area contributed by atoms with Crippen molar-refractivity contribution >= 4 is 17.4 Å². The Kier molecular flexibility index (Phi) is 7.54. The lowest BCUT2D eigenvalue weighted by molar-refractivity contribution is 0.219. The van der Waals surface area contributed by atoms with Crippen molar-refractivity contribution in [1.29, 1.82) is 0 Å². The SMILES string of the molecule is CCc1nc(CCNC(=O)NC(CCO)C(C)C)cs1. The molecular weight excluding hydrogens is 274 g/mol. The van der Waals surface area contributed by atoms with E-state index in [1.807, 2.05) is 19.2 Å². The fraction of sp³-hybridized carbons (Fsp3) is 0.714. The Morgan fingerprint density at radius 3 is 2.80 bits per heavy atom. The predicted octanol–water partition coefficient (Wildman–Crippen LogP) is 1.95. The first-order valence-corrected chi connectivity index (χ1v) is 8.03. The van der Waals surface area contributed by atoms with Gasteiger partial charge in [0.25, 0.3) is 0 Å². The molecule has 0 spiro atoms. The van der Waals surface area contributed by atoms with Gasteiger partial charge in [-0.1, -0.05) is 20.8 Å². The van der Waals surface area contributed by atoms with Crippen molar-refractivity contribution in [3.8, 4) is 0 Å². The molecule has 6 heteroatoms. The minimum atomic E-state index is -0.178. The van der Waals surface area contributed by atoms with Crippen molar-refractivity contribution in [1.82, 2.24) is 15.6 Å². The van der Waals surface area contributed by atoms with Crippen LogP contribution in [0.15, 0.2) is 5.38 Å². The van der Waals surface area contributed by atoms with Gasteiger partial charge in [0, 0.05) is 31.0 Å². The van der Waals surface area contributed by atoms with E-state index in [-0.39, 0.29) is 18.7 Å². The third-order valence-corrected chi connectivity index (χ3v) is 4.17. The largest absolute Gasteiger partial charge is 0.396 e. The number of nitrogens with zero attached hydrogens (tertiary/aromatic N) is 1. The number of aryl methyl sites for hydroxylation is 1. The van der Waals surface area contributed by atoms with Crippen molar-refractivity contribution < 1.29 is 9.90 Å². The maximum absolute atomic E-state index is 11.8. The summed E-state index contributed by atoms with van der Waals surface area (Å²) in [5, 5.41) is 17.9. The number of thiazole rings is 1. The highest BCUT2D eigenvalue weighted by molar-refractivity contribution is 7.09. The van der Waals surface area contributed by atoms with Crippen molar-refractivity contribution in [2.75, 3.05) is 13.2 Å². The van der Waals surface area contributed by atoms with Crippen LogP contribution in [0.1, 0.15) is 37.9 Å². The van der Waals surface area contributed by atoms with E-state index in [9.17, 15) is 4.79 Å². The van der Waals surface area contributed by atoms with E-state index in [2.05, 4.69) is 22.5 Å². The highest BCUT2D eigenvalue weighted by atomic mass is 32.1. The molecule has 0 aliphatic heterocycles. The zero-order valence-corrected chi connectivity index (χ0v) is 13.3. The summed E-state index contributed by atoms with van der Waals surface area (Å²) >= 11 is 1.66. The normalized spacial score (nSPS) is 12.4. The smallest absolute Gasteiger partial charge is 0.315 e. The minimum Gasteiger partial charge on any atom is -0.396 e. The summed E-state index contributed by atoms with van der Waals surface area (Å²) < 4.78 is 0. The summed E-state index contributed by atoms with van der Waals surface area (Å²) in [4.78, 5) is 16.2. The van der Waals surface area contributed by atoms with Gasteiger partial charge in [0.1, 0.15) is 0 Å². The number of hydrogen-bond acceptors (Lipinski definition) is 4. The molecule has 114 valence electrons. The van der Waals surface area contributed by atoms with Crippen LogP contribution in [0.4, 0.5) is 4.79 Å². The van der Waals surface area contributed by atoms with Crippen LogP contribution in [0, 0.1) is 5.92 Å². The maximum atomic E-state index is 11.8. The molecule has 0 radical (unpaired) electrons. The Bertz CT molecular complexity index is 407. The first-order chi connectivity index (χ1) is 9.56. The van der Waals surface area contributed by atoms with Gasteiger partial charge < -0.3 is 15.7 Å². The van der Waals surface area contributed by atoms with Gasteiger partial charge in [-0.2, -0.15) is 0 Å². The average molecular weight is 299 g/mol. The molecule has 5 nitrogen and oxygen atoms in total. The van der Waals surface area contributed by atoms with Gasteiger partial charge in [-0.15, -0.1) is 11.3 Å². The van der Waals surface area contributed by atoms with Crippen molar-refractivity contribution in [2.45, 2.75) is 46.1 Å². The van der Waals surface area contributed by atoms with Crippen LogP contribution in [-0.2, 0) is 12.8 Å². The summed E-state index contributed by atoms with van der Waals surface area (Å²) in [6, 6.07) is -0.172. The number of aromatic nitrogens is 1. The third-order valence-electron chi connectivity index (χ3n) is 3.13. The van der Waals surface area contributed by atoms with Gasteiger partial charge in [-0.3, -0.25) is 0 Å². The number of aliphatic hydroxyl groups excluding tert-OH is 1. The predicted molar refractivity (Wildman–Crippen MR) is 82.1 cm³/mol. The Morgan fingerprint density at radius 2 is 2.25 bits per heavy atom. The van der Waals surface area contributed by atoms with Crippen molar-refractivity contribution in [3.05, 3.63) is 16.1 Å². The van der Waals surface area contributed by atoms with E-state index in [4.69, 9.17) is 5.11 Å². The molecule has 0 fully saturated rings. The second-order valence-electron chi connectivity index (χ2n) is 5.10. The molecule has 1 rings (SSSR count). The van der Waals surface area contributed by atoms with Crippen LogP contribution >= 0.6 is 11.3 Å². The number of carbonyl (C=O) groups excluding carboxylic acids is 1. The van der Waals surface area contributed by atoms with E-state index < -0.39 is 0 Å². The first kappa shape index (κ1) is 16.9. The minimum absolute atomic E-state index is 0.00552. The molecule has 3 N–H and O–H groups in total. The number of nitrogens with one attached hydrogen (secondary N) is 2. The van der Waals surface area contributed by atoms with Gasteiger partial charge in [0.15, 0.2) is 0 Å². The van der Waals surface area contributed by atoms with Crippen molar-refractivity contribution in [3.63, 3.8) is 0 Å². The van der Waals surface area contributed by atoms with E-state index in [0.29, 0.717) is 18.9 Å². The maximum Gasteiger partial charge on any atom is 0.315 e. The fourth-order valence-corrected chi connectivity index (χ4v) is 2.64.